The molecule has 2 aromatic rings. The van der Waals surface area contributed by atoms with E-state index in [-0.39, 0.29) is 23.6 Å². The van der Waals surface area contributed by atoms with Crippen molar-refractivity contribution in [1.29, 1.82) is 0 Å². The van der Waals surface area contributed by atoms with Crippen LogP contribution in [0.3, 0.4) is 0 Å². The van der Waals surface area contributed by atoms with E-state index in [2.05, 4.69) is 38.8 Å². The van der Waals surface area contributed by atoms with Gasteiger partial charge < -0.3 is 0 Å². The Morgan fingerprint density at radius 2 is 1.12 bits per heavy atom. The van der Waals surface area contributed by atoms with Crippen LogP contribution >= 0.6 is 31.9 Å². The number of imide groups is 2. The number of carbonyl (C=O) groups excluding carboxylic acids is 4. The number of rotatable bonds is 3. The van der Waals surface area contributed by atoms with Crippen LogP contribution in [0.25, 0.3) is 11.1 Å². The molecule has 1 saturated carbocycles. The van der Waals surface area contributed by atoms with E-state index in [1.54, 1.807) is 24.3 Å². The lowest BCUT2D eigenvalue weighted by atomic mass is 9.83. The molecule has 0 spiro atoms. The van der Waals surface area contributed by atoms with E-state index >= 15 is 0 Å². The van der Waals surface area contributed by atoms with Gasteiger partial charge in [0.25, 0.3) is 23.6 Å². The summed E-state index contributed by atoms with van der Waals surface area (Å²) >= 11 is 7.06. The van der Waals surface area contributed by atoms with Gasteiger partial charge in [-0.15, -0.1) is 0 Å². The van der Waals surface area contributed by atoms with Crippen molar-refractivity contribution in [2.45, 2.75) is 32.6 Å². The number of fused-ring (bicyclic) bond motifs is 2. The molecule has 3 aliphatic rings. The van der Waals surface area contributed by atoms with Gasteiger partial charge in [0.1, 0.15) is 0 Å². The van der Waals surface area contributed by atoms with E-state index in [4.69, 9.17) is 0 Å². The first-order valence-corrected chi connectivity index (χ1v) is 12.6. The van der Waals surface area contributed by atoms with Gasteiger partial charge >= 0.3 is 0 Å². The zero-order valence-electron chi connectivity index (χ0n) is 18.3. The zero-order valence-corrected chi connectivity index (χ0v) is 21.5. The van der Waals surface area contributed by atoms with Crippen LogP contribution in [0.1, 0.15) is 74.0 Å². The second-order valence-corrected chi connectivity index (χ2v) is 11.0. The first-order valence-electron chi connectivity index (χ1n) is 11.0. The molecule has 5 rings (SSSR count). The summed E-state index contributed by atoms with van der Waals surface area (Å²) < 4.78 is 1.27. The molecule has 0 atom stereocenters. The lowest BCUT2D eigenvalue weighted by molar-refractivity contribution is 0.0609. The van der Waals surface area contributed by atoms with Gasteiger partial charge in [0.2, 0.25) is 0 Å². The monoisotopic (exact) mass is 572 g/mol. The van der Waals surface area contributed by atoms with Crippen molar-refractivity contribution in [1.82, 2.24) is 9.80 Å². The highest BCUT2D eigenvalue weighted by Crippen LogP contribution is 2.41. The number of benzene rings is 2. The SMILES string of the molecule is CC1CCC(CN2C(=O)c3cc(Br)c(-c4cc5c(cc4Br)C(=O)N(C)C5=O)cc3C2=O)CC1. The minimum absolute atomic E-state index is 0.253. The Morgan fingerprint density at radius 3 is 1.64 bits per heavy atom. The van der Waals surface area contributed by atoms with Crippen molar-refractivity contribution in [3.05, 3.63) is 55.5 Å². The van der Waals surface area contributed by atoms with Crippen LogP contribution in [-0.2, 0) is 0 Å². The first kappa shape index (κ1) is 22.5. The van der Waals surface area contributed by atoms with E-state index in [9.17, 15) is 19.2 Å². The molecule has 2 aromatic carbocycles. The molecule has 0 bridgehead atoms. The van der Waals surface area contributed by atoms with Gasteiger partial charge in [0.05, 0.1) is 22.3 Å². The molecule has 1 fully saturated rings. The molecule has 1 aliphatic carbocycles. The molecule has 0 aromatic heterocycles. The van der Waals surface area contributed by atoms with Gasteiger partial charge in [-0.2, -0.15) is 0 Å². The Balaban J connectivity index is 1.50. The van der Waals surface area contributed by atoms with E-state index in [1.165, 1.54) is 11.9 Å². The molecule has 0 unspecified atom stereocenters. The van der Waals surface area contributed by atoms with Crippen LogP contribution in [0, 0.1) is 11.8 Å². The van der Waals surface area contributed by atoms with E-state index in [0.717, 1.165) is 30.6 Å². The topological polar surface area (TPSA) is 74.8 Å². The summed E-state index contributed by atoms with van der Waals surface area (Å²) in [4.78, 5) is 53.6. The lowest BCUT2D eigenvalue weighted by Gasteiger charge is -2.28. The molecule has 0 radical (unpaired) electrons. The van der Waals surface area contributed by atoms with Crippen molar-refractivity contribution in [3.63, 3.8) is 0 Å². The fraction of sp³-hybridized carbons (Fsp3) is 0.360. The summed E-state index contributed by atoms with van der Waals surface area (Å²) in [6.45, 7) is 2.70. The standard InChI is InChI=1S/C25H22Br2N2O4/c1-12-3-5-13(6-4-12)11-29-24(32)17-8-15(21(27)10-19(17)25(29)33)14-7-16-18(9-20(14)26)23(31)28(2)22(16)30/h7-10,12-13H,3-6,11H2,1-2H3. The number of nitrogens with zero attached hydrogens (tertiary/aromatic N) is 2. The summed E-state index contributed by atoms with van der Waals surface area (Å²) in [6, 6.07) is 6.70. The van der Waals surface area contributed by atoms with Crippen molar-refractivity contribution in [2.24, 2.45) is 11.8 Å². The molecule has 0 saturated heterocycles. The van der Waals surface area contributed by atoms with Gasteiger partial charge in [-0.05, 0) is 60.1 Å². The molecule has 0 N–H and O–H groups in total. The average Bonchev–Trinajstić information content (AvgIpc) is 3.14. The third-order valence-corrected chi connectivity index (χ3v) is 8.41. The molecular weight excluding hydrogens is 552 g/mol. The number of carbonyl (C=O) groups is 4. The van der Waals surface area contributed by atoms with Gasteiger partial charge in [0, 0.05) is 22.5 Å². The maximum Gasteiger partial charge on any atom is 0.261 e. The highest BCUT2D eigenvalue weighted by atomic mass is 79.9. The number of amides is 4. The predicted octanol–water partition coefficient (Wildman–Crippen LogP) is 5.53. The Morgan fingerprint density at radius 1 is 0.697 bits per heavy atom. The number of hydrogen-bond acceptors (Lipinski definition) is 4. The minimum atomic E-state index is -0.361. The summed E-state index contributed by atoms with van der Waals surface area (Å²) in [5.41, 5.74) is 2.77. The highest BCUT2D eigenvalue weighted by molar-refractivity contribution is 9.11. The van der Waals surface area contributed by atoms with Gasteiger partial charge in [0.15, 0.2) is 0 Å². The van der Waals surface area contributed by atoms with Crippen LogP contribution in [0.15, 0.2) is 33.2 Å². The van der Waals surface area contributed by atoms with Crippen molar-refractivity contribution in [2.75, 3.05) is 13.6 Å². The first-order chi connectivity index (χ1) is 15.7. The number of halogens is 2. The van der Waals surface area contributed by atoms with Crippen molar-refractivity contribution >= 4 is 55.5 Å². The summed E-state index contributed by atoms with van der Waals surface area (Å²) in [6.07, 6.45) is 4.33. The van der Waals surface area contributed by atoms with Crippen molar-refractivity contribution < 1.29 is 19.2 Å². The fourth-order valence-electron chi connectivity index (χ4n) is 5.04. The second kappa shape index (κ2) is 8.17. The molecule has 4 amide bonds. The van der Waals surface area contributed by atoms with Crippen LogP contribution in [0.2, 0.25) is 0 Å². The second-order valence-electron chi connectivity index (χ2n) is 9.27. The zero-order chi connectivity index (χ0) is 23.6. The normalized spacial score (nSPS) is 22.3. The van der Waals surface area contributed by atoms with Crippen LogP contribution < -0.4 is 0 Å². The average molecular weight is 574 g/mol. The molecule has 2 aliphatic heterocycles. The highest BCUT2D eigenvalue weighted by Gasteiger charge is 2.39. The number of hydrogen-bond donors (Lipinski definition) is 0. The molecule has 170 valence electrons. The largest absolute Gasteiger partial charge is 0.277 e. The maximum absolute atomic E-state index is 13.2. The van der Waals surface area contributed by atoms with Gasteiger partial charge in [-0.25, -0.2) is 0 Å². The maximum atomic E-state index is 13.2. The smallest absolute Gasteiger partial charge is 0.261 e. The van der Waals surface area contributed by atoms with E-state index in [1.807, 2.05) is 0 Å². The Kier molecular flexibility index (Phi) is 5.56. The quantitative estimate of drug-likeness (QED) is 0.453. The van der Waals surface area contributed by atoms with Gasteiger partial charge in [-0.1, -0.05) is 51.6 Å². The van der Waals surface area contributed by atoms with E-state index < -0.39 is 0 Å². The Bertz CT molecular complexity index is 1250. The molecule has 33 heavy (non-hydrogen) atoms. The fourth-order valence-corrected chi connectivity index (χ4v) is 6.15. The lowest BCUT2D eigenvalue weighted by Crippen LogP contribution is -2.35. The summed E-state index contributed by atoms with van der Waals surface area (Å²) in [5, 5.41) is 0. The van der Waals surface area contributed by atoms with Crippen molar-refractivity contribution in [3.8, 4) is 11.1 Å². The third-order valence-electron chi connectivity index (χ3n) is 7.10. The minimum Gasteiger partial charge on any atom is -0.277 e. The summed E-state index contributed by atoms with van der Waals surface area (Å²) in [5.74, 6) is -0.182. The molecule has 2 heterocycles. The predicted molar refractivity (Wildman–Crippen MR) is 130 cm³/mol. The van der Waals surface area contributed by atoms with Crippen LogP contribution in [0.4, 0.5) is 0 Å². The Hall–Kier alpha value is -2.32. The molecule has 8 heteroatoms. The van der Waals surface area contributed by atoms with Gasteiger partial charge in [-0.3, -0.25) is 29.0 Å². The Labute approximate surface area is 208 Å². The third kappa shape index (κ3) is 3.58. The molecular formula is C25H22Br2N2O4. The van der Waals surface area contributed by atoms with Crippen LogP contribution in [-0.4, -0.2) is 47.0 Å². The summed E-state index contributed by atoms with van der Waals surface area (Å²) in [7, 11) is 1.45. The van der Waals surface area contributed by atoms with Crippen LogP contribution in [0.5, 0.6) is 0 Å². The van der Waals surface area contributed by atoms with E-state index in [0.29, 0.717) is 60.7 Å². The molecule has 6 nitrogen and oxygen atoms in total.